The standard InChI is InChI=1S/C22H18N4O4/c27-19-10-3-1-6-17(19)13-23-25-21(29)15-8-5-9-16(12-15)22(30)26-24-14-18-7-2-4-11-20(18)28/h1-14,27-28H,(H,25,29)(H,26,30)/b23-13-,24-14+. The highest BCUT2D eigenvalue weighted by molar-refractivity contribution is 6.00. The van der Waals surface area contributed by atoms with Gasteiger partial charge in [0.25, 0.3) is 11.8 Å². The lowest BCUT2D eigenvalue weighted by atomic mass is 10.1. The van der Waals surface area contributed by atoms with Crippen LogP contribution in [0.4, 0.5) is 0 Å². The molecule has 0 spiro atoms. The molecule has 0 atom stereocenters. The van der Waals surface area contributed by atoms with E-state index in [4.69, 9.17) is 0 Å². The van der Waals surface area contributed by atoms with Crippen molar-refractivity contribution in [1.82, 2.24) is 10.9 Å². The molecule has 30 heavy (non-hydrogen) atoms. The first kappa shape index (κ1) is 20.3. The van der Waals surface area contributed by atoms with Crippen LogP contribution in [0.25, 0.3) is 0 Å². The number of hydrogen-bond donors (Lipinski definition) is 4. The third kappa shape index (κ3) is 5.29. The van der Waals surface area contributed by atoms with Crippen LogP contribution in [0.2, 0.25) is 0 Å². The van der Waals surface area contributed by atoms with Gasteiger partial charge < -0.3 is 10.2 Å². The Balaban J connectivity index is 1.62. The van der Waals surface area contributed by atoms with Crippen LogP contribution in [0, 0.1) is 0 Å². The number of nitrogens with one attached hydrogen (secondary N) is 2. The van der Waals surface area contributed by atoms with E-state index in [-0.39, 0.29) is 22.6 Å². The van der Waals surface area contributed by atoms with Crippen molar-refractivity contribution in [3.8, 4) is 11.5 Å². The van der Waals surface area contributed by atoms with Gasteiger partial charge in [0.15, 0.2) is 0 Å². The molecule has 0 heterocycles. The number of carbonyl (C=O) groups excluding carboxylic acids is 2. The molecular weight excluding hydrogens is 384 g/mol. The fourth-order valence-electron chi connectivity index (χ4n) is 2.45. The van der Waals surface area contributed by atoms with Crippen LogP contribution < -0.4 is 10.9 Å². The molecule has 0 saturated heterocycles. The lowest BCUT2D eigenvalue weighted by molar-refractivity contribution is 0.0954. The minimum atomic E-state index is -0.519. The van der Waals surface area contributed by atoms with Gasteiger partial charge in [-0.3, -0.25) is 9.59 Å². The summed E-state index contributed by atoms with van der Waals surface area (Å²) in [4.78, 5) is 24.5. The third-order valence-electron chi connectivity index (χ3n) is 4.00. The molecule has 0 bridgehead atoms. The Morgan fingerprint density at radius 2 is 1.10 bits per heavy atom. The number of amides is 2. The van der Waals surface area contributed by atoms with Gasteiger partial charge in [0.1, 0.15) is 11.5 Å². The molecule has 4 N–H and O–H groups in total. The summed E-state index contributed by atoms with van der Waals surface area (Å²) in [5.41, 5.74) is 6.04. The zero-order valence-electron chi connectivity index (χ0n) is 15.7. The van der Waals surface area contributed by atoms with Crippen LogP contribution >= 0.6 is 0 Å². The van der Waals surface area contributed by atoms with Crippen molar-refractivity contribution >= 4 is 24.2 Å². The van der Waals surface area contributed by atoms with E-state index in [2.05, 4.69) is 21.1 Å². The number of phenols is 2. The molecule has 0 aliphatic rings. The first-order valence-corrected chi connectivity index (χ1v) is 8.87. The van der Waals surface area contributed by atoms with Gasteiger partial charge in [-0.1, -0.05) is 30.3 Å². The summed E-state index contributed by atoms with van der Waals surface area (Å²) < 4.78 is 0. The molecule has 3 rings (SSSR count). The lowest BCUT2D eigenvalue weighted by Crippen LogP contribution is -2.20. The summed E-state index contributed by atoms with van der Waals surface area (Å²) in [5.74, 6) is -0.958. The molecule has 8 heteroatoms. The van der Waals surface area contributed by atoms with Gasteiger partial charge in [0.05, 0.1) is 12.4 Å². The second-order valence-electron chi connectivity index (χ2n) is 6.10. The molecule has 150 valence electrons. The highest BCUT2D eigenvalue weighted by Gasteiger charge is 2.10. The Morgan fingerprint density at radius 1 is 0.667 bits per heavy atom. The molecule has 8 nitrogen and oxygen atoms in total. The van der Waals surface area contributed by atoms with E-state index in [1.54, 1.807) is 42.5 Å². The monoisotopic (exact) mass is 402 g/mol. The number of benzene rings is 3. The van der Waals surface area contributed by atoms with Crippen LogP contribution in [0.5, 0.6) is 11.5 Å². The van der Waals surface area contributed by atoms with E-state index in [0.717, 1.165) is 0 Å². The molecule has 0 aromatic heterocycles. The maximum atomic E-state index is 12.3. The Bertz CT molecular complexity index is 1040. The van der Waals surface area contributed by atoms with Gasteiger partial charge >= 0.3 is 0 Å². The molecule has 0 fully saturated rings. The molecule has 2 amide bonds. The maximum absolute atomic E-state index is 12.3. The number of carbonyl (C=O) groups is 2. The highest BCUT2D eigenvalue weighted by atomic mass is 16.3. The van der Waals surface area contributed by atoms with Crippen LogP contribution in [0.3, 0.4) is 0 Å². The van der Waals surface area contributed by atoms with E-state index in [1.807, 2.05) is 0 Å². The summed E-state index contributed by atoms with van der Waals surface area (Å²) in [5, 5.41) is 27.0. The van der Waals surface area contributed by atoms with Crippen molar-refractivity contribution in [2.75, 3.05) is 0 Å². The first-order valence-electron chi connectivity index (χ1n) is 8.87. The van der Waals surface area contributed by atoms with E-state index < -0.39 is 11.8 Å². The zero-order valence-corrected chi connectivity index (χ0v) is 15.7. The normalized spacial score (nSPS) is 10.9. The van der Waals surface area contributed by atoms with Crippen molar-refractivity contribution in [3.63, 3.8) is 0 Å². The Hall–Kier alpha value is -4.46. The van der Waals surface area contributed by atoms with E-state index >= 15 is 0 Å². The highest BCUT2D eigenvalue weighted by Crippen LogP contribution is 2.13. The number of hydrazone groups is 2. The van der Waals surface area contributed by atoms with Crippen molar-refractivity contribution in [2.45, 2.75) is 0 Å². The minimum absolute atomic E-state index is 0.0403. The molecule has 0 unspecified atom stereocenters. The lowest BCUT2D eigenvalue weighted by Gasteiger charge is -2.04. The summed E-state index contributed by atoms with van der Waals surface area (Å²) in [6, 6.07) is 19.1. The van der Waals surface area contributed by atoms with E-state index in [1.165, 1.54) is 42.8 Å². The van der Waals surface area contributed by atoms with Gasteiger partial charge in [0.2, 0.25) is 0 Å². The molecule has 3 aromatic rings. The van der Waals surface area contributed by atoms with Crippen LogP contribution in [0.15, 0.2) is 83.0 Å². The molecule has 0 radical (unpaired) electrons. The van der Waals surface area contributed by atoms with Gasteiger partial charge in [-0.25, -0.2) is 10.9 Å². The fourth-order valence-corrected chi connectivity index (χ4v) is 2.45. The summed E-state index contributed by atoms with van der Waals surface area (Å²) in [6.07, 6.45) is 2.63. The quantitative estimate of drug-likeness (QED) is 0.374. The maximum Gasteiger partial charge on any atom is 0.271 e. The summed E-state index contributed by atoms with van der Waals surface area (Å²) in [7, 11) is 0. The smallest absolute Gasteiger partial charge is 0.271 e. The van der Waals surface area contributed by atoms with Crippen LogP contribution in [0.1, 0.15) is 31.8 Å². The predicted molar refractivity (Wildman–Crippen MR) is 113 cm³/mol. The Kier molecular flexibility index (Phi) is 6.52. The SMILES string of the molecule is O=C(N/N=C\c1ccccc1O)c1cccc(C(=O)N/N=C/c2ccccc2O)c1. The first-order chi connectivity index (χ1) is 14.5. The fraction of sp³-hybridized carbons (Fsp3) is 0. The number of rotatable bonds is 6. The molecule has 0 aliphatic heterocycles. The van der Waals surface area contributed by atoms with Crippen molar-refractivity contribution < 1.29 is 19.8 Å². The number of hydrogen-bond acceptors (Lipinski definition) is 6. The largest absolute Gasteiger partial charge is 0.507 e. The second-order valence-corrected chi connectivity index (χ2v) is 6.10. The van der Waals surface area contributed by atoms with Crippen LogP contribution in [-0.2, 0) is 0 Å². The van der Waals surface area contributed by atoms with Crippen molar-refractivity contribution in [3.05, 3.63) is 95.1 Å². The van der Waals surface area contributed by atoms with Gasteiger partial charge in [-0.2, -0.15) is 10.2 Å². The Morgan fingerprint density at radius 3 is 1.53 bits per heavy atom. The molecule has 3 aromatic carbocycles. The molecule has 0 saturated carbocycles. The van der Waals surface area contributed by atoms with Gasteiger partial charge in [-0.05, 0) is 42.5 Å². The number of nitrogens with zero attached hydrogens (tertiary/aromatic N) is 2. The van der Waals surface area contributed by atoms with E-state index in [9.17, 15) is 19.8 Å². The van der Waals surface area contributed by atoms with Crippen molar-refractivity contribution in [2.24, 2.45) is 10.2 Å². The number of aromatic hydroxyl groups is 2. The van der Waals surface area contributed by atoms with Crippen molar-refractivity contribution in [1.29, 1.82) is 0 Å². The Labute approximate surface area is 172 Å². The van der Waals surface area contributed by atoms with Gasteiger partial charge in [0, 0.05) is 22.3 Å². The average molecular weight is 402 g/mol. The average Bonchev–Trinajstić information content (AvgIpc) is 2.76. The number of phenolic OH excluding ortho intramolecular Hbond substituents is 2. The zero-order chi connectivity index (χ0) is 21.3. The summed E-state index contributed by atoms with van der Waals surface area (Å²) >= 11 is 0. The second kappa shape index (κ2) is 9.65. The topological polar surface area (TPSA) is 123 Å². The van der Waals surface area contributed by atoms with Crippen LogP contribution in [-0.4, -0.2) is 34.5 Å². The number of para-hydroxylation sites is 2. The minimum Gasteiger partial charge on any atom is -0.507 e. The predicted octanol–water partition coefficient (Wildman–Crippen LogP) is 2.63. The van der Waals surface area contributed by atoms with E-state index in [0.29, 0.717) is 11.1 Å². The van der Waals surface area contributed by atoms with Gasteiger partial charge in [-0.15, -0.1) is 0 Å². The third-order valence-corrected chi connectivity index (χ3v) is 4.00. The molecular formula is C22H18N4O4. The summed E-state index contributed by atoms with van der Waals surface area (Å²) in [6.45, 7) is 0. The molecule has 0 aliphatic carbocycles.